The Morgan fingerprint density at radius 3 is 2.12 bits per heavy atom. The number of non-ortho nitro benzene ring substituents is 1. The number of nitro groups is 1. The maximum absolute atomic E-state index is 12.8. The molecule has 1 aliphatic carbocycles. The Morgan fingerprint density at radius 2 is 1.64 bits per heavy atom. The van der Waals surface area contributed by atoms with E-state index in [1.54, 1.807) is 24.3 Å². The number of carbonyl (C=O) groups is 1. The van der Waals surface area contributed by atoms with E-state index in [9.17, 15) is 14.9 Å². The van der Waals surface area contributed by atoms with Gasteiger partial charge in [-0.25, -0.2) is 0 Å². The highest BCUT2D eigenvalue weighted by Gasteiger charge is 2.33. The fourth-order valence-electron chi connectivity index (χ4n) is 2.62. The number of hydrogen-bond donors (Lipinski definition) is 1. The minimum absolute atomic E-state index is 0. The van der Waals surface area contributed by atoms with Gasteiger partial charge in [-0.15, -0.1) is 12.4 Å². The first-order chi connectivity index (χ1) is 11.6. The summed E-state index contributed by atoms with van der Waals surface area (Å²) >= 11 is 0. The molecule has 0 bridgehead atoms. The number of nitro benzene ring substituents is 1. The third-order valence-corrected chi connectivity index (χ3v) is 4.19. The van der Waals surface area contributed by atoms with Crippen LogP contribution in [0.1, 0.15) is 34.3 Å². The molecule has 0 atom stereocenters. The molecule has 0 unspecified atom stereocenters. The van der Waals surface area contributed by atoms with Crippen LogP contribution < -0.4 is 5.73 Å². The van der Waals surface area contributed by atoms with Crippen molar-refractivity contribution in [3.05, 3.63) is 75.3 Å². The van der Waals surface area contributed by atoms with Gasteiger partial charge in [0, 0.05) is 36.8 Å². The van der Waals surface area contributed by atoms with Crippen LogP contribution in [-0.2, 0) is 13.1 Å². The number of carbonyl (C=O) groups excluding carboxylic acids is 1. The second kappa shape index (κ2) is 8.09. The van der Waals surface area contributed by atoms with Gasteiger partial charge in [-0.05, 0) is 36.1 Å². The van der Waals surface area contributed by atoms with Crippen LogP contribution in [0, 0.1) is 10.1 Å². The Hall–Kier alpha value is -2.44. The zero-order chi connectivity index (χ0) is 17.1. The molecule has 132 valence electrons. The van der Waals surface area contributed by atoms with Gasteiger partial charge in [-0.1, -0.05) is 24.3 Å². The van der Waals surface area contributed by atoms with E-state index in [0.717, 1.165) is 24.0 Å². The molecule has 0 aromatic heterocycles. The van der Waals surface area contributed by atoms with Gasteiger partial charge in [0.1, 0.15) is 0 Å². The van der Waals surface area contributed by atoms with Crippen LogP contribution in [0.3, 0.4) is 0 Å². The Morgan fingerprint density at radius 1 is 1.08 bits per heavy atom. The summed E-state index contributed by atoms with van der Waals surface area (Å²) in [4.78, 5) is 24.9. The quantitative estimate of drug-likeness (QED) is 0.631. The maximum Gasteiger partial charge on any atom is 0.269 e. The van der Waals surface area contributed by atoms with Crippen LogP contribution in [0.5, 0.6) is 0 Å². The van der Waals surface area contributed by atoms with Gasteiger partial charge in [0.05, 0.1) is 4.92 Å². The number of amides is 1. The molecule has 0 spiro atoms. The zero-order valence-electron chi connectivity index (χ0n) is 13.6. The van der Waals surface area contributed by atoms with Crippen molar-refractivity contribution < 1.29 is 9.72 Å². The third-order valence-electron chi connectivity index (χ3n) is 4.19. The number of hydrogen-bond acceptors (Lipinski definition) is 4. The highest BCUT2D eigenvalue weighted by atomic mass is 35.5. The van der Waals surface area contributed by atoms with Gasteiger partial charge in [-0.3, -0.25) is 14.9 Å². The standard InChI is InChI=1S/C18H19N3O3.ClH/c19-11-13-1-5-15(6-2-13)18(22)20(16-9-10-16)12-14-3-7-17(8-4-14)21(23)24;/h1-8,16H,9-12,19H2;1H. The number of nitrogens with zero attached hydrogens (tertiary/aromatic N) is 2. The largest absolute Gasteiger partial charge is 0.331 e. The third kappa shape index (κ3) is 4.55. The molecule has 2 aromatic rings. The molecule has 0 saturated heterocycles. The van der Waals surface area contributed by atoms with E-state index >= 15 is 0 Å². The van der Waals surface area contributed by atoms with E-state index in [1.165, 1.54) is 12.1 Å². The van der Waals surface area contributed by atoms with Crippen molar-refractivity contribution >= 4 is 24.0 Å². The van der Waals surface area contributed by atoms with Gasteiger partial charge in [-0.2, -0.15) is 0 Å². The Labute approximate surface area is 152 Å². The van der Waals surface area contributed by atoms with Crippen molar-refractivity contribution in [2.75, 3.05) is 0 Å². The lowest BCUT2D eigenvalue weighted by Crippen LogP contribution is -2.32. The molecule has 0 heterocycles. The number of benzene rings is 2. The molecular weight excluding hydrogens is 342 g/mol. The number of halogens is 1. The average molecular weight is 362 g/mol. The fraction of sp³-hybridized carbons (Fsp3) is 0.278. The first-order valence-corrected chi connectivity index (χ1v) is 7.92. The van der Waals surface area contributed by atoms with Crippen LogP contribution in [0.2, 0.25) is 0 Å². The lowest BCUT2D eigenvalue weighted by atomic mass is 10.1. The smallest absolute Gasteiger partial charge is 0.269 e. The van der Waals surface area contributed by atoms with E-state index in [-0.39, 0.29) is 30.0 Å². The summed E-state index contributed by atoms with van der Waals surface area (Å²) in [6.07, 6.45) is 2.00. The van der Waals surface area contributed by atoms with Gasteiger partial charge in [0.25, 0.3) is 11.6 Å². The maximum atomic E-state index is 12.8. The first-order valence-electron chi connectivity index (χ1n) is 7.92. The van der Waals surface area contributed by atoms with Gasteiger partial charge in [0.2, 0.25) is 0 Å². The summed E-state index contributed by atoms with van der Waals surface area (Å²) in [5.74, 6) is -0.0144. The topological polar surface area (TPSA) is 89.5 Å². The molecule has 1 fully saturated rings. The first kappa shape index (κ1) is 18.9. The lowest BCUT2D eigenvalue weighted by molar-refractivity contribution is -0.384. The second-order valence-corrected chi connectivity index (χ2v) is 5.99. The van der Waals surface area contributed by atoms with Gasteiger partial charge >= 0.3 is 0 Å². The Kier molecular flexibility index (Phi) is 6.12. The minimum atomic E-state index is -0.424. The Balaban J connectivity index is 0.00000225. The summed E-state index contributed by atoms with van der Waals surface area (Å²) in [6.45, 7) is 0.906. The van der Waals surface area contributed by atoms with E-state index in [0.29, 0.717) is 18.7 Å². The van der Waals surface area contributed by atoms with Crippen LogP contribution in [0.25, 0.3) is 0 Å². The fourth-order valence-corrected chi connectivity index (χ4v) is 2.62. The van der Waals surface area contributed by atoms with Crippen molar-refractivity contribution in [3.63, 3.8) is 0 Å². The van der Waals surface area contributed by atoms with Gasteiger partial charge in [0.15, 0.2) is 0 Å². The summed E-state index contributed by atoms with van der Waals surface area (Å²) in [5.41, 5.74) is 8.16. The van der Waals surface area contributed by atoms with Crippen molar-refractivity contribution in [1.29, 1.82) is 0 Å². The molecule has 3 rings (SSSR count). The second-order valence-electron chi connectivity index (χ2n) is 5.99. The molecule has 1 aliphatic rings. The molecule has 7 heteroatoms. The molecule has 0 aliphatic heterocycles. The molecule has 2 aromatic carbocycles. The molecule has 6 nitrogen and oxygen atoms in total. The number of rotatable bonds is 6. The molecule has 1 amide bonds. The predicted octanol–water partition coefficient (Wildman–Crippen LogP) is 3.28. The van der Waals surface area contributed by atoms with Crippen LogP contribution in [0.4, 0.5) is 5.69 Å². The highest BCUT2D eigenvalue weighted by Crippen LogP contribution is 2.30. The molecule has 1 saturated carbocycles. The van der Waals surface area contributed by atoms with E-state index < -0.39 is 4.92 Å². The predicted molar refractivity (Wildman–Crippen MR) is 97.6 cm³/mol. The molecule has 2 N–H and O–H groups in total. The monoisotopic (exact) mass is 361 g/mol. The summed E-state index contributed by atoms with van der Waals surface area (Å²) in [6, 6.07) is 13.9. The molecular formula is C18H20ClN3O3. The summed E-state index contributed by atoms with van der Waals surface area (Å²) < 4.78 is 0. The normalized spacial score (nSPS) is 13.0. The van der Waals surface area contributed by atoms with Crippen LogP contribution >= 0.6 is 12.4 Å². The van der Waals surface area contributed by atoms with Crippen LogP contribution in [0.15, 0.2) is 48.5 Å². The average Bonchev–Trinajstić information content (AvgIpc) is 3.44. The molecule has 0 radical (unpaired) electrons. The van der Waals surface area contributed by atoms with Crippen molar-refractivity contribution in [2.45, 2.75) is 32.0 Å². The van der Waals surface area contributed by atoms with Crippen molar-refractivity contribution in [3.8, 4) is 0 Å². The van der Waals surface area contributed by atoms with E-state index in [2.05, 4.69) is 0 Å². The van der Waals surface area contributed by atoms with Gasteiger partial charge < -0.3 is 10.6 Å². The lowest BCUT2D eigenvalue weighted by Gasteiger charge is -2.23. The zero-order valence-corrected chi connectivity index (χ0v) is 14.4. The van der Waals surface area contributed by atoms with Crippen LogP contribution in [-0.4, -0.2) is 21.8 Å². The SMILES string of the molecule is Cl.NCc1ccc(C(=O)N(Cc2ccc([N+](=O)[O-])cc2)C2CC2)cc1. The highest BCUT2D eigenvalue weighted by molar-refractivity contribution is 5.94. The summed E-state index contributed by atoms with van der Waals surface area (Å²) in [7, 11) is 0. The van der Waals surface area contributed by atoms with Crippen molar-refractivity contribution in [1.82, 2.24) is 4.90 Å². The minimum Gasteiger partial charge on any atom is -0.331 e. The van der Waals surface area contributed by atoms with E-state index in [1.807, 2.05) is 17.0 Å². The number of nitrogens with two attached hydrogens (primary N) is 1. The summed E-state index contributed by atoms with van der Waals surface area (Å²) in [5, 5.41) is 10.7. The Bertz CT molecular complexity index is 743. The van der Waals surface area contributed by atoms with E-state index in [4.69, 9.17) is 5.73 Å². The molecule has 25 heavy (non-hydrogen) atoms. The van der Waals surface area contributed by atoms with Crippen molar-refractivity contribution in [2.24, 2.45) is 5.73 Å².